The van der Waals surface area contributed by atoms with Crippen LogP contribution in [0.4, 0.5) is 5.69 Å². The highest BCUT2D eigenvalue weighted by Crippen LogP contribution is 2.31. The van der Waals surface area contributed by atoms with E-state index in [0.29, 0.717) is 28.5 Å². The van der Waals surface area contributed by atoms with Crippen LogP contribution in [-0.2, 0) is 9.84 Å². The van der Waals surface area contributed by atoms with Gasteiger partial charge in [0.05, 0.1) is 33.1 Å². The second-order valence-electron chi connectivity index (χ2n) is 6.17. The van der Waals surface area contributed by atoms with E-state index in [1.54, 1.807) is 49.6 Å². The van der Waals surface area contributed by atoms with Gasteiger partial charge < -0.3 is 19.1 Å². The molecule has 0 saturated heterocycles. The van der Waals surface area contributed by atoms with Crippen LogP contribution < -0.4 is 19.1 Å². The highest BCUT2D eigenvalue weighted by atomic mass is 32.2. The van der Waals surface area contributed by atoms with E-state index >= 15 is 0 Å². The number of ether oxygens (including phenoxy) is 3. The number of amides is 1. The lowest BCUT2D eigenvalue weighted by Crippen LogP contribution is -2.41. The van der Waals surface area contributed by atoms with Crippen molar-refractivity contribution in [3.63, 3.8) is 0 Å². The smallest absolute Gasteiger partial charge is 0.258 e. The average molecular weight is 403 g/mol. The van der Waals surface area contributed by atoms with E-state index in [1.807, 2.05) is 0 Å². The number of hydrogen-bond acceptors (Lipinski definition) is 6. The van der Waals surface area contributed by atoms with E-state index in [9.17, 15) is 13.2 Å². The second-order valence-corrected chi connectivity index (χ2v) is 8.10. The van der Waals surface area contributed by atoms with Gasteiger partial charge in [-0.3, -0.25) is 4.79 Å². The predicted molar refractivity (Wildman–Crippen MR) is 106 cm³/mol. The van der Waals surface area contributed by atoms with Gasteiger partial charge in [0.25, 0.3) is 5.91 Å². The molecule has 1 aliphatic heterocycles. The van der Waals surface area contributed by atoms with Crippen LogP contribution in [-0.4, -0.2) is 47.4 Å². The molecule has 1 aliphatic rings. The number of benzene rings is 2. The fraction of sp³-hybridized carbons (Fsp3) is 0.250. The molecule has 0 fully saturated rings. The summed E-state index contributed by atoms with van der Waals surface area (Å²) < 4.78 is 39.5. The zero-order chi connectivity index (χ0) is 20.3. The van der Waals surface area contributed by atoms with Crippen LogP contribution in [0.25, 0.3) is 0 Å². The molecule has 0 unspecified atom stereocenters. The average Bonchev–Trinajstić information content (AvgIpc) is 3.07. The molecule has 28 heavy (non-hydrogen) atoms. The molecule has 2 aromatic rings. The van der Waals surface area contributed by atoms with Crippen LogP contribution in [0.5, 0.6) is 17.2 Å². The molecule has 0 radical (unpaired) electrons. The number of hydrogen-bond donors (Lipinski definition) is 0. The lowest BCUT2D eigenvalue weighted by molar-refractivity contribution is 0.0982. The molecule has 1 atom stereocenters. The highest BCUT2D eigenvalue weighted by Gasteiger charge is 2.32. The van der Waals surface area contributed by atoms with Crippen LogP contribution in [0.15, 0.2) is 53.9 Å². The van der Waals surface area contributed by atoms with E-state index in [1.165, 1.54) is 25.2 Å². The molecule has 0 aromatic heterocycles. The summed E-state index contributed by atoms with van der Waals surface area (Å²) >= 11 is 0. The summed E-state index contributed by atoms with van der Waals surface area (Å²) in [5.41, 5.74) is 0.915. The Morgan fingerprint density at radius 1 is 0.964 bits per heavy atom. The van der Waals surface area contributed by atoms with Gasteiger partial charge in [0.15, 0.2) is 21.3 Å². The first-order valence-corrected chi connectivity index (χ1v) is 10.2. The van der Waals surface area contributed by atoms with Gasteiger partial charge in [-0.05, 0) is 48.5 Å². The topological polar surface area (TPSA) is 82.1 Å². The van der Waals surface area contributed by atoms with Crippen LogP contribution >= 0.6 is 0 Å². The van der Waals surface area contributed by atoms with E-state index in [-0.39, 0.29) is 11.7 Å². The number of anilines is 1. The van der Waals surface area contributed by atoms with Crippen LogP contribution in [0.1, 0.15) is 10.4 Å². The minimum Gasteiger partial charge on any atom is -0.497 e. The molecule has 148 valence electrons. The highest BCUT2D eigenvalue weighted by molar-refractivity contribution is 7.94. The van der Waals surface area contributed by atoms with Crippen molar-refractivity contribution in [1.82, 2.24) is 0 Å². The van der Waals surface area contributed by atoms with Crippen molar-refractivity contribution < 1.29 is 27.4 Å². The molecular weight excluding hydrogens is 382 g/mol. The zero-order valence-corrected chi connectivity index (χ0v) is 16.6. The SMILES string of the molecule is COc1ccc(N(C(=O)c2ccc(OC)c(OC)c2)[C@@H]2C=CS(=O)(=O)C2)cc1. The summed E-state index contributed by atoms with van der Waals surface area (Å²) in [6.07, 6.45) is 1.53. The van der Waals surface area contributed by atoms with Crippen molar-refractivity contribution in [3.05, 3.63) is 59.5 Å². The zero-order valence-electron chi connectivity index (χ0n) is 15.8. The summed E-state index contributed by atoms with van der Waals surface area (Å²) in [5.74, 6) is 1.03. The minimum atomic E-state index is -3.34. The number of carbonyl (C=O) groups excluding carboxylic acids is 1. The molecule has 3 rings (SSSR count). The van der Waals surface area contributed by atoms with Gasteiger partial charge in [0, 0.05) is 16.7 Å². The molecular formula is C20H21NO6S. The van der Waals surface area contributed by atoms with Crippen molar-refractivity contribution in [2.24, 2.45) is 0 Å². The van der Waals surface area contributed by atoms with Gasteiger partial charge in [0.1, 0.15) is 5.75 Å². The van der Waals surface area contributed by atoms with E-state index < -0.39 is 15.9 Å². The molecule has 0 spiro atoms. The molecule has 1 heterocycles. The first-order chi connectivity index (χ1) is 13.4. The lowest BCUT2D eigenvalue weighted by atomic mass is 10.1. The van der Waals surface area contributed by atoms with Gasteiger partial charge in [-0.15, -0.1) is 0 Å². The standard InChI is InChI=1S/C20H21NO6S/c1-25-17-7-5-15(6-8-17)21(16-10-11-28(23,24)13-16)20(22)14-4-9-18(26-2)19(12-14)27-3/h4-12,16H,13H2,1-3H3/t16-/m1/s1. The number of methoxy groups -OCH3 is 3. The third-order valence-electron chi connectivity index (χ3n) is 4.44. The van der Waals surface area contributed by atoms with E-state index in [4.69, 9.17) is 14.2 Å². The Morgan fingerprint density at radius 3 is 2.18 bits per heavy atom. The molecule has 1 amide bonds. The Kier molecular flexibility index (Phi) is 5.60. The Balaban J connectivity index is 2.03. The molecule has 0 aliphatic carbocycles. The Bertz CT molecular complexity index is 998. The fourth-order valence-corrected chi connectivity index (χ4v) is 4.30. The van der Waals surface area contributed by atoms with Gasteiger partial charge in [-0.25, -0.2) is 8.42 Å². The molecule has 8 heteroatoms. The van der Waals surface area contributed by atoms with Crippen LogP contribution in [0.3, 0.4) is 0 Å². The van der Waals surface area contributed by atoms with Gasteiger partial charge >= 0.3 is 0 Å². The lowest BCUT2D eigenvalue weighted by Gasteiger charge is -2.28. The fourth-order valence-electron chi connectivity index (χ4n) is 3.03. The molecule has 0 saturated carbocycles. The third kappa shape index (κ3) is 3.96. The quantitative estimate of drug-likeness (QED) is 0.738. The second kappa shape index (κ2) is 7.93. The maximum atomic E-state index is 13.3. The normalized spacial score (nSPS) is 17.2. The Morgan fingerprint density at radius 2 is 1.64 bits per heavy atom. The summed E-state index contributed by atoms with van der Waals surface area (Å²) in [4.78, 5) is 14.8. The summed E-state index contributed by atoms with van der Waals surface area (Å²) in [5, 5.41) is 1.15. The summed E-state index contributed by atoms with van der Waals surface area (Å²) in [6.45, 7) is 0. The van der Waals surface area contributed by atoms with Crippen molar-refractivity contribution in [2.45, 2.75) is 6.04 Å². The first kappa shape index (κ1) is 19.8. The van der Waals surface area contributed by atoms with Crippen molar-refractivity contribution in [2.75, 3.05) is 32.0 Å². The number of nitrogens with zero attached hydrogens (tertiary/aromatic N) is 1. The van der Waals surface area contributed by atoms with Gasteiger partial charge in [-0.1, -0.05) is 0 Å². The number of carbonyl (C=O) groups is 1. The van der Waals surface area contributed by atoms with Crippen LogP contribution in [0.2, 0.25) is 0 Å². The molecule has 2 aromatic carbocycles. The van der Waals surface area contributed by atoms with Gasteiger partial charge in [-0.2, -0.15) is 0 Å². The molecule has 7 nitrogen and oxygen atoms in total. The van der Waals surface area contributed by atoms with Crippen molar-refractivity contribution in [1.29, 1.82) is 0 Å². The number of sulfone groups is 1. The maximum absolute atomic E-state index is 13.3. The molecule has 0 N–H and O–H groups in total. The Labute approximate surface area is 164 Å². The first-order valence-electron chi connectivity index (χ1n) is 8.49. The Hall–Kier alpha value is -3.00. The summed E-state index contributed by atoms with van der Waals surface area (Å²) in [7, 11) is 1.20. The third-order valence-corrected chi connectivity index (χ3v) is 5.82. The predicted octanol–water partition coefficient (Wildman–Crippen LogP) is 2.67. The van der Waals surface area contributed by atoms with E-state index in [0.717, 1.165) is 5.41 Å². The van der Waals surface area contributed by atoms with Gasteiger partial charge in [0.2, 0.25) is 0 Å². The maximum Gasteiger partial charge on any atom is 0.258 e. The largest absolute Gasteiger partial charge is 0.497 e. The van der Waals surface area contributed by atoms with E-state index in [2.05, 4.69) is 0 Å². The number of rotatable bonds is 6. The van der Waals surface area contributed by atoms with Crippen LogP contribution in [0, 0.1) is 0 Å². The summed E-state index contributed by atoms with van der Waals surface area (Å²) in [6, 6.07) is 11.1. The minimum absolute atomic E-state index is 0.169. The monoisotopic (exact) mass is 403 g/mol. The van der Waals surface area contributed by atoms with Crippen molar-refractivity contribution in [3.8, 4) is 17.2 Å². The van der Waals surface area contributed by atoms with Crippen molar-refractivity contribution >= 4 is 21.4 Å². The molecule has 0 bridgehead atoms.